The molecular weight excluding hydrogens is 322 g/mol. The lowest BCUT2D eigenvalue weighted by atomic mass is 9.90. The topological polar surface area (TPSA) is 66.6 Å². The van der Waals surface area contributed by atoms with Crippen molar-refractivity contribution < 1.29 is 8.42 Å². The summed E-state index contributed by atoms with van der Waals surface area (Å²) in [6.45, 7) is 4.60. The number of hydrogen-bond acceptors (Lipinski definition) is 4. The zero-order chi connectivity index (χ0) is 15.3. The van der Waals surface area contributed by atoms with Crippen LogP contribution in [0.3, 0.4) is 0 Å². The molecular formula is C15H24ClN3O2S. The maximum atomic E-state index is 12.8. The van der Waals surface area contributed by atoms with Crippen molar-refractivity contribution in [3.05, 3.63) is 23.8 Å². The number of nitrogens with zero attached hydrogens (tertiary/aromatic N) is 2. The molecule has 1 saturated heterocycles. The molecule has 2 aliphatic rings. The number of rotatable bonds is 3. The molecule has 2 N–H and O–H groups in total. The Morgan fingerprint density at radius 3 is 2.68 bits per heavy atom. The fraction of sp³-hybridized carbons (Fsp3) is 0.600. The molecule has 0 amide bonds. The van der Waals surface area contributed by atoms with E-state index in [2.05, 4.69) is 11.8 Å². The number of fused-ring (bicyclic) bond motifs is 1. The fourth-order valence-electron chi connectivity index (χ4n) is 3.18. The van der Waals surface area contributed by atoms with Crippen molar-refractivity contribution in [1.29, 1.82) is 0 Å². The van der Waals surface area contributed by atoms with Crippen molar-refractivity contribution >= 4 is 28.1 Å². The van der Waals surface area contributed by atoms with Gasteiger partial charge in [0, 0.05) is 32.4 Å². The lowest BCUT2D eigenvalue weighted by Gasteiger charge is -2.23. The van der Waals surface area contributed by atoms with Gasteiger partial charge in [-0.3, -0.25) is 0 Å². The first-order valence-electron chi connectivity index (χ1n) is 7.40. The summed E-state index contributed by atoms with van der Waals surface area (Å²) < 4.78 is 27.2. The van der Waals surface area contributed by atoms with Gasteiger partial charge in [-0.1, -0.05) is 13.0 Å². The van der Waals surface area contributed by atoms with Crippen LogP contribution in [0.15, 0.2) is 23.1 Å². The summed E-state index contributed by atoms with van der Waals surface area (Å²) in [4.78, 5) is 2.51. The van der Waals surface area contributed by atoms with Gasteiger partial charge in [0.05, 0.1) is 4.90 Å². The van der Waals surface area contributed by atoms with Crippen LogP contribution in [-0.4, -0.2) is 45.9 Å². The van der Waals surface area contributed by atoms with Crippen LogP contribution in [0.2, 0.25) is 0 Å². The van der Waals surface area contributed by atoms with Gasteiger partial charge in [0.15, 0.2) is 0 Å². The standard InChI is InChI=1S/C15H23N3O2S.ClH/c1-15(10-16)6-8-18(11-15)21(19,20)13-4-3-12-5-7-17(2)14(12)9-13;/h3-4,9H,5-8,10-11,16H2,1-2H3;1H. The molecule has 0 radical (unpaired) electrons. The summed E-state index contributed by atoms with van der Waals surface area (Å²) in [6, 6.07) is 5.51. The van der Waals surface area contributed by atoms with Crippen molar-refractivity contribution in [2.75, 3.05) is 38.1 Å². The molecule has 2 aliphatic heterocycles. The highest BCUT2D eigenvalue weighted by Crippen LogP contribution is 2.35. The Bertz CT molecular complexity index is 665. The van der Waals surface area contributed by atoms with E-state index in [1.165, 1.54) is 5.56 Å². The van der Waals surface area contributed by atoms with E-state index < -0.39 is 10.0 Å². The van der Waals surface area contributed by atoms with Crippen molar-refractivity contribution in [2.24, 2.45) is 11.1 Å². The average Bonchev–Trinajstić information content (AvgIpc) is 3.04. The highest BCUT2D eigenvalue weighted by Gasteiger charge is 2.39. The van der Waals surface area contributed by atoms with E-state index in [9.17, 15) is 8.42 Å². The zero-order valence-electron chi connectivity index (χ0n) is 13.1. The number of halogens is 1. The predicted molar refractivity (Wildman–Crippen MR) is 91.2 cm³/mol. The number of sulfonamides is 1. The van der Waals surface area contributed by atoms with Gasteiger partial charge < -0.3 is 10.6 Å². The van der Waals surface area contributed by atoms with Gasteiger partial charge in [0.2, 0.25) is 10.0 Å². The smallest absolute Gasteiger partial charge is 0.243 e. The predicted octanol–water partition coefficient (Wildman–Crippen LogP) is 1.46. The molecule has 1 aromatic rings. The fourth-order valence-corrected chi connectivity index (χ4v) is 4.79. The summed E-state index contributed by atoms with van der Waals surface area (Å²) in [6.07, 6.45) is 1.81. The second-order valence-electron chi connectivity index (χ2n) is 6.57. The van der Waals surface area contributed by atoms with Gasteiger partial charge in [-0.2, -0.15) is 4.31 Å². The minimum atomic E-state index is -3.41. The molecule has 1 atom stereocenters. The maximum absolute atomic E-state index is 12.8. The average molecular weight is 346 g/mol. The molecule has 0 aliphatic carbocycles. The number of benzene rings is 1. The molecule has 7 heteroatoms. The molecule has 1 fully saturated rings. The van der Waals surface area contributed by atoms with Crippen LogP contribution < -0.4 is 10.6 Å². The van der Waals surface area contributed by atoms with Crippen LogP contribution in [0.25, 0.3) is 0 Å². The summed E-state index contributed by atoms with van der Waals surface area (Å²) in [5.41, 5.74) is 7.94. The van der Waals surface area contributed by atoms with E-state index in [1.807, 2.05) is 19.2 Å². The summed E-state index contributed by atoms with van der Waals surface area (Å²) in [7, 11) is -1.41. The Morgan fingerprint density at radius 1 is 1.32 bits per heavy atom. The van der Waals surface area contributed by atoms with Crippen molar-refractivity contribution in [3.63, 3.8) is 0 Å². The van der Waals surface area contributed by atoms with Gasteiger partial charge >= 0.3 is 0 Å². The van der Waals surface area contributed by atoms with Crippen molar-refractivity contribution in [2.45, 2.75) is 24.7 Å². The first-order chi connectivity index (χ1) is 9.86. The number of anilines is 1. The highest BCUT2D eigenvalue weighted by molar-refractivity contribution is 7.89. The lowest BCUT2D eigenvalue weighted by molar-refractivity contribution is 0.349. The molecule has 0 saturated carbocycles. The maximum Gasteiger partial charge on any atom is 0.243 e. The molecule has 0 aromatic heterocycles. The normalized spacial score (nSPS) is 25.1. The first-order valence-corrected chi connectivity index (χ1v) is 8.84. The third-order valence-corrected chi connectivity index (χ3v) is 6.68. The molecule has 0 bridgehead atoms. The molecule has 0 spiro atoms. The van der Waals surface area contributed by atoms with Crippen LogP contribution >= 0.6 is 12.4 Å². The third kappa shape index (κ3) is 2.85. The lowest BCUT2D eigenvalue weighted by Crippen LogP contribution is -2.34. The molecule has 22 heavy (non-hydrogen) atoms. The largest absolute Gasteiger partial charge is 0.374 e. The molecule has 1 aromatic carbocycles. The molecule has 124 valence electrons. The van der Waals surface area contributed by atoms with E-state index in [0.29, 0.717) is 24.5 Å². The zero-order valence-corrected chi connectivity index (χ0v) is 14.7. The number of likely N-dealkylation sites (N-methyl/N-ethyl adjacent to an activating group) is 1. The quantitative estimate of drug-likeness (QED) is 0.900. The first kappa shape index (κ1) is 17.5. The van der Waals surface area contributed by atoms with Crippen LogP contribution in [0.1, 0.15) is 18.9 Å². The highest BCUT2D eigenvalue weighted by atomic mass is 35.5. The molecule has 3 rings (SSSR count). The van der Waals surface area contributed by atoms with Crippen LogP contribution in [0.4, 0.5) is 5.69 Å². The van der Waals surface area contributed by atoms with Crippen LogP contribution in [0.5, 0.6) is 0 Å². The minimum Gasteiger partial charge on any atom is -0.374 e. The Kier molecular flexibility index (Phi) is 4.78. The number of hydrogen-bond donors (Lipinski definition) is 1. The minimum absolute atomic E-state index is 0. The van der Waals surface area contributed by atoms with Crippen molar-refractivity contribution in [3.8, 4) is 0 Å². The summed E-state index contributed by atoms with van der Waals surface area (Å²) in [5.74, 6) is 0. The molecule has 5 nitrogen and oxygen atoms in total. The third-order valence-electron chi connectivity index (χ3n) is 4.84. The van der Waals surface area contributed by atoms with E-state index in [0.717, 1.165) is 25.1 Å². The number of nitrogens with two attached hydrogens (primary N) is 1. The monoisotopic (exact) mass is 345 g/mol. The van der Waals surface area contributed by atoms with E-state index in [4.69, 9.17) is 5.73 Å². The van der Waals surface area contributed by atoms with Gasteiger partial charge in [0.25, 0.3) is 0 Å². The SMILES string of the molecule is CN1CCc2ccc(S(=O)(=O)N3CCC(C)(CN)C3)cc21.Cl. The molecule has 2 heterocycles. The van der Waals surface area contributed by atoms with Crippen molar-refractivity contribution in [1.82, 2.24) is 4.31 Å². The Hall–Kier alpha value is -0.820. The summed E-state index contributed by atoms with van der Waals surface area (Å²) >= 11 is 0. The second-order valence-corrected chi connectivity index (χ2v) is 8.50. The molecule has 1 unspecified atom stereocenters. The van der Waals surface area contributed by atoms with Crippen LogP contribution in [0, 0.1) is 5.41 Å². The second kappa shape index (κ2) is 6.00. The van der Waals surface area contributed by atoms with Gasteiger partial charge in [-0.15, -0.1) is 12.4 Å². The van der Waals surface area contributed by atoms with E-state index in [-0.39, 0.29) is 17.8 Å². The Labute approximate surface area is 138 Å². The van der Waals surface area contributed by atoms with Gasteiger partial charge in [-0.25, -0.2) is 8.42 Å². The van der Waals surface area contributed by atoms with E-state index >= 15 is 0 Å². The summed E-state index contributed by atoms with van der Waals surface area (Å²) in [5, 5.41) is 0. The van der Waals surface area contributed by atoms with Gasteiger partial charge in [0.1, 0.15) is 0 Å². The van der Waals surface area contributed by atoms with Gasteiger partial charge in [-0.05, 0) is 42.5 Å². The van der Waals surface area contributed by atoms with Crippen LogP contribution in [-0.2, 0) is 16.4 Å². The van der Waals surface area contributed by atoms with E-state index in [1.54, 1.807) is 10.4 Å². The Morgan fingerprint density at radius 2 is 2.05 bits per heavy atom. The Balaban J connectivity index is 0.00000176.